The first-order valence-electron chi connectivity index (χ1n) is 6.55. The molecule has 0 aliphatic rings. The first-order chi connectivity index (χ1) is 10.7. The molecular weight excluding hydrogens is 302 g/mol. The molecule has 0 unspecified atom stereocenters. The summed E-state index contributed by atoms with van der Waals surface area (Å²) in [4.78, 5) is 0. The summed E-state index contributed by atoms with van der Waals surface area (Å²) < 4.78 is 10.3. The fraction of sp³-hybridized carbons (Fsp3) is 0.118. The van der Waals surface area contributed by atoms with Crippen LogP contribution >= 0.6 is 11.6 Å². The van der Waals surface area contributed by atoms with Crippen LogP contribution < -0.4 is 9.47 Å². The number of halogens is 1. The zero-order chi connectivity index (χ0) is 15.9. The number of nitrogens with zero attached hydrogens (tertiary/aromatic N) is 1. The predicted octanol–water partition coefficient (Wildman–Crippen LogP) is 4.27. The Kier molecular flexibility index (Phi) is 5.44. The molecule has 0 bridgehead atoms. The van der Waals surface area contributed by atoms with E-state index >= 15 is 0 Å². The Morgan fingerprint density at radius 2 is 1.36 bits per heavy atom. The molecule has 4 nitrogen and oxygen atoms in total. The molecule has 0 aromatic heterocycles. The molecule has 0 spiro atoms. The summed E-state index contributed by atoms with van der Waals surface area (Å²) in [5.41, 5.74) is 2.23. The molecule has 0 saturated heterocycles. The van der Waals surface area contributed by atoms with Crippen molar-refractivity contribution in [2.24, 2.45) is 5.16 Å². The van der Waals surface area contributed by atoms with E-state index in [1.165, 1.54) is 6.21 Å². The van der Waals surface area contributed by atoms with E-state index in [0.29, 0.717) is 10.6 Å². The highest BCUT2D eigenvalue weighted by atomic mass is 35.5. The second-order valence-electron chi connectivity index (χ2n) is 4.43. The van der Waals surface area contributed by atoms with Crippen molar-refractivity contribution in [1.82, 2.24) is 0 Å². The molecule has 2 aromatic rings. The number of benzene rings is 2. The van der Waals surface area contributed by atoms with Crippen molar-refractivity contribution >= 4 is 28.4 Å². The second kappa shape index (κ2) is 7.52. The van der Waals surface area contributed by atoms with E-state index in [1.54, 1.807) is 14.2 Å². The number of hydrogen-bond acceptors (Lipinski definition) is 4. The predicted molar refractivity (Wildman–Crippen MR) is 88.9 cm³/mol. The normalized spacial score (nSPS) is 12.1. The molecule has 0 radical (unpaired) electrons. The molecule has 0 aliphatic heterocycles. The first-order valence-corrected chi connectivity index (χ1v) is 6.93. The van der Waals surface area contributed by atoms with Gasteiger partial charge in [0.1, 0.15) is 11.5 Å². The van der Waals surface area contributed by atoms with Crippen molar-refractivity contribution in [3.05, 3.63) is 59.7 Å². The topological polar surface area (TPSA) is 51.0 Å². The third-order valence-corrected chi connectivity index (χ3v) is 3.59. The summed E-state index contributed by atoms with van der Waals surface area (Å²) in [5, 5.41) is 12.5. The minimum atomic E-state index is 0.477. The molecule has 22 heavy (non-hydrogen) atoms. The lowest BCUT2D eigenvalue weighted by Crippen LogP contribution is -1.92. The van der Waals surface area contributed by atoms with Crippen molar-refractivity contribution in [2.75, 3.05) is 14.2 Å². The minimum Gasteiger partial charge on any atom is -0.497 e. The molecule has 0 saturated carbocycles. The number of rotatable bonds is 5. The van der Waals surface area contributed by atoms with Gasteiger partial charge in [0.05, 0.1) is 25.5 Å². The van der Waals surface area contributed by atoms with Gasteiger partial charge in [-0.2, -0.15) is 0 Å². The number of hydrogen-bond donors (Lipinski definition) is 1. The van der Waals surface area contributed by atoms with Crippen LogP contribution in [0.3, 0.4) is 0 Å². The Morgan fingerprint density at radius 1 is 0.909 bits per heavy atom. The molecule has 0 aliphatic carbocycles. The van der Waals surface area contributed by atoms with E-state index < -0.39 is 0 Å². The maximum absolute atomic E-state index is 8.91. The van der Waals surface area contributed by atoms with Crippen LogP contribution in [0.2, 0.25) is 0 Å². The first kappa shape index (κ1) is 15.9. The van der Waals surface area contributed by atoms with Gasteiger partial charge in [-0.1, -0.05) is 28.9 Å². The molecule has 1 N–H and O–H groups in total. The van der Waals surface area contributed by atoms with Gasteiger partial charge in [0.2, 0.25) is 0 Å². The monoisotopic (exact) mass is 317 g/mol. The summed E-state index contributed by atoms with van der Waals surface area (Å²) in [6, 6.07) is 14.7. The lowest BCUT2D eigenvalue weighted by Gasteiger charge is -2.08. The molecule has 114 valence electrons. The van der Waals surface area contributed by atoms with Crippen LogP contribution in [0.4, 0.5) is 0 Å². The van der Waals surface area contributed by atoms with Crippen LogP contribution in [0.1, 0.15) is 11.1 Å². The third-order valence-electron chi connectivity index (χ3n) is 3.17. The van der Waals surface area contributed by atoms with Crippen LogP contribution in [-0.2, 0) is 0 Å². The number of methoxy groups -OCH3 is 2. The summed E-state index contributed by atoms with van der Waals surface area (Å²) in [7, 11) is 3.21. The van der Waals surface area contributed by atoms with Crippen LogP contribution in [0, 0.1) is 0 Å². The molecule has 2 rings (SSSR count). The van der Waals surface area contributed by atoms with E-state index in [2.05, 4.69) is 5.16 Å². The summed E-state index contributed by atoms with van der Waals surface area (Å²) in [6.45, 7) is 0. The van der Waals surface area contributed by atoms with Crippen LogP contribution in [0.15, 0.2) is 53.7 Å². The number of oxime groups is 1. The summed E-state index contributed by atoms with van der Waals surface area (Å²) in [5.74, 6) is 1.49. The Bertz CT molecular complexity index is 676. The molecule has 0 fully saturated rings. The zero-order valence-corrected chi connectivity index (χ0v) is 13.0. The number of ether oxygens (including phenoxy) is 2. The van der Waals surface area contributed by atoms with Gasteiger partial charge < -0.3 is 14.7 Å². The van der Waals surface area contributed by atoms with Gasteiger partial charge in [0, 0.05) is 5.57 Å². The second-order valence-corrected chi connectivity index (χ2v) is 4.81. The maximum atomic E-state index is 8.91. The van der Waals surface area contributed by atoms with Gasteiger partial charge >= 0.3 is 0 Å². The highest BCUT2D eigenvalue weighted by Gasteiger charge is 2.09. The van der Waals surface area contributed by atoms with E-state index in [-0.39, 0.29) is 0 Å². The zero-order valence-electron chi connectivity index (χ0n) is 12.3. The number of allylic oxidation sites excluding steroid dienone is 1. The third kappa shape index (κ3) is 3.59. The van der Waals surface area contributed by atoms with Crippen molar-refractivity contribution in [3.63, 3.8) is 0 Å². The highest BCUT2D eigenvalue weighted by Crippen LogP contribution is 2.30. The quantitative estimate of drug-likeness (QED) is 0.388. The average molecular weight is 318 g/mol. The fourth-order valence-corrected chi connectivity index (χ4v) is 2.26. The smallest absolute Gasteiger partial charge is 0.118 e. The van der Waals surface area contributed by atoms with Gasteiger partial charge in [0.15, 0.2) is 0 Å². The maximum Gasteiger partial charge on any atom is 0.118 e. The molecule has 5 heteroatoms. The SMILES string of the molecule is COc1ccc(/C(Cl)=C(\C=NO)c2ccc(OC)cc2)cc1. The summed E-state index contributed by atoms with van der Waals surface area (Å²) in [6.07, 6.45) is 1.31. The summed E-state index contributed by atoms with van der Waals surface area (Å²) >= 11 is 6.46. The van der Waals surface area contributed by atoms with Crippen molar-refractivity contribution in [2.45, 2.75) is 0 Å². The van der Waals surface area contributed by atoms with Crippen molar-refractivity contribution in [3.8, 4) is 11.5 Å². The van der Waals surface area contributed by atoms with Gasteiger partial charge in [-0.25, -0.2) is 0 Å². The van der Waals surface area contributed by atoms with Gasteiger partial charge in [0.25, 0.3) is 0 Å². The van der Waals surface area contributed by atoms with Gasteiger partial charge in [-0.15, -0.1) is 0 Å². The van der Waals surface area contributed by atoms with E-state index in [1.807, 2.05) is 48.5 Å². The van der Waals surface area contributed by atoms with Gasteiger partial charge in [-0.05, 0) is 47.5 Å². The Balaban J connectivity index is 2.46. The fourth-order valence-electron chi connectivity index (χ4n) is 1.98. The Hall–Kier alpha value is -2.46. The minimum absolute atomic E-state index is 0.477. The van der Waals surface area contributed by atoms with E-state index in [9.17, 15) is 0 Å². The Morgan fingerprint density at radius 3 is 1.77 bits per heavy atom. The van der Waals surface area contributed by atoms with Crippen LogP contribution in [0.25, 0.3) is 10.6 Å². The molecular formula is C17H16ClNO3. The lowest BCUT2D eigenvalue weighted by molar-refractivity contribution is 0.322. The Labute approximate surface area is 134 Å². The van der Waals surface area contributed by atoms with Crippen LogP contribution in [0.5, 0.6) is 11.5 Å². The van der Waals surface area contributed by atoms with E-state index in [0.717, 1.165) is 22.6 Å². The van der Waals surface area contributed by atoms with Gasteiger partial charge in [-0.3, -0.25) is 0 Å². The molecule has 0 atom stereocenters. The molecule has 0 amide bonds. The standard InChI is InChI=1S/C17H16ClNO3/c1-21-14-7-3-12(4-8-14)16(11-19-20)17(18)13-5-9-15(22-2)10-6-13/h3-11,20H,1-2H3/b17-16-,19-11?. The highest BCUT2D eigenvalue weighted by molar-refractivity contribution is 6.56. The average Bonchev–Trinajstić information content (AvgIpc) is 2.59. The van der Waals surface area contributed by atoms with Crippen molar-refractivity contribution in [1.29, 1.82) is 0 Å². The lowest BCUT2D eigenvalue weighted by atomic mass is 10.0. The van der Waals surface area contributed by atoms with Crippen molar-refractivity contribution < 1.29 is 14.7 Å². The van der Waals surface area contributed by atoms with Crippen LogP contribution in [-0.4, -0.2) is 25.6 Å². The molecule has 2 aromatic carbocycles. The largest absolute Gasteiger partial charge is 0.497 e. The molecule has 0 heterocycles. The van der Waals surface area contributed by atoms with E-state index in [4.69, 9.17) is 26.3 Å².